The molecule has 1 aromatic rings. The van der Waals surface area contributed by atoms with E-state index in [0.717, 1.165) is 42.3 Å². The maximum Gasteiger partial charge on any atom is 0.119 e. The molecule has 0 spiro atoms. The molecule has 2 unspecified atom stereocenters. The number of unbranched alkanes of at least 4 members (excludes halogenated alkanes) is 1. The molecule has 0 aliphatic heterocycles. The van der Waals surface area contributed by atoms with Gasteiger partial charge < -0.3 is 10.1 Å². The van der Waals surface area contributed by atoms with Gasteiger partial charge in [0.15, 0.2) is 0 Å². The lowest BCUT2D eigenvalue weighted by molar-refractivity contribution is 0.271. The van der Waals surface area contributed by atoms with Crippen molar-refractivity contribution in [2.75, 3.05) is 13.2 Å². The van der Waals surface area contributed by atoms with E-state index in [-0.39, 0.29) is 0 Å². The first-order valence-corrected chi connectivity index (χ1v) is 8.25. The van der Waals surface area contributed by atoms with Gasteiger partial charge in [-0.2, -0.15) is 0 Å². The maximum atomic E-state index is 5.84. The normalized spacial score (nSPS) is 22.7. The van der Waals surface area contributed by atoms with Gasteiger partial charge in [0.1, 0.15) is 5.75 Å². The summed E-state index contributed by atoms with van der Waals surface area (Å²) in [5.41, 5.74) is 0. The van der Waals surface area contributed by atoms with E-state index in [0.29, 0.717) is 0 Å². The zero-order valence-electron chi connectivity index (χ0n) is 12.4. The Morgan fingerprint density at radius 3 is 2.65 bits per heavy atom. The molecule has 2 atom stereocenters. The smallest absolute Gasteiger partial charge is 0.119 e. The first-order chi connectivity index (χ1) is 9.75. The Morgan fingerprint density at radius 1 is 1.15 bits per heavy atom. The van der Waals surface area contributed by atoms with Crippen LogP contribution in [0.2, 0.25) is 5.02 Å². The predicted molar refractivity (Wildman–Crippen MR) is 85.6 cm³/mol. The lowest BCUT2D eigenvalue weighted by atomic mass is 9.86. The minimum atomic E-state index is 0.737. The van der Waals surface area contributed by atoms with Crippen LogP contribution in [0.15, 0.2) is 24.3 Å². The van der Waals surface area contributed by atoms with Gasteiger partial charge in [-0.25, -0.2) is 0 Å². The number of hydrogen-bond donors (Lipinski definition) is 1. The zero-order chi connectivity index (χ0) is 14.2. The summed E-state index contributed by atoms with van der Waals surface area (Å²) in [5, 5.41) is 4.46. The number of nitrogens with one attached hydrogen (secondary N) is 1. The second kappa shape index (κ2) is 8.53. The van der Waals surface area contributed by atoms with Crippen LogP contribution in [0.1, 0.15) is 45.4 Å². The molecule has 1 saturated carbocycles. The average Bonchev–Trinajstić information content (AvgIpc) is 2.46. The van der Waals surface area contributed by atoms with Crippen LogP contribution in [0.25, 0.3) is 0 Å². The van der Waals surface area contributed by atoms with E-state index in [1.165, 1.54) is 32.1 Å². The second-order valence-electron chi connectivity index (χ2n) is 5.83. The highest BCUT2D eigenvalue weighted by Gasteiger charge is 2.19. The van der Waals surface area contributed by atoms with Gasteiger partial charge in [-0.3, -0.25) is 0 Å². The third kappa shape index (κ3) is 5.34. The van der Waals surface area contributed by atoms with Crippen LogP contribution < -0.4 is 10.1 Å². The largest absolute Gasteiger partial charge is 0.494 e. The SMILES string of the molecule is CC1CCCCC1NCCCCOc1ccc(Cl)cc1. The number of ether oxygens (including phenoxy) is 1. The number of benzene rings is 1. The molecule has 2 rings (SSSR count). The minimum Gasteiger partial charge on any atom is -0.494 e. The molecular weight excluding hydrogens is 270 g/mol. The van der Waals surface area contributed by atoms with Crippen molar-refractivity contribution in [1.82, 2.24) is 5.32 Å². The number of hydrogen-bond acceptors (Lipinski definition) is 2. The summed E-state index contributed by atoms with van der Waals surface area (Å²) in [7, 11) is 0. The zero-order valence-corrected chi connectivity index (χ0v) is 13.2. The van der Waals surface area contributed by atoms with E-state index in [2.05, 4.69) is 12.2 Å². The van der Waals surface area contributed by atoms with Crippen LogP contribution in [-0.4, -0.2) is 19.2 Å². The maximum absolute atomic E-state index is 5.84. The molecule has 0 amide bonds. The molecule has 20 heavy (non-hydrogen) atoms. The molecule has 1 aliphatic carbocycles. The van der Waals surface area contributed by atoms with Crippen molar-refractivity contribution in [3.05, 3.63) is 29.3 Å². The summed E-state index contributed by atoms with van der Waals surface area (Å²) < 4.78 is 5.69. The fourth-order valence-electron chi connectivity index (χ4n) is 2.85. The highest BCUT2D eigenvalue weighted by atomic mass is 35.5. The van der Waals surface area contributed by atoms with Crippen molar-refractivity contribution in [2.24, 2.45) is 5.92 Å². The lowest BCUT2D eigenvalue weighted by Gasteiger charge is -2.29. The molecule has 0 radical (unpaired) electrons. The fourth-order valence-corrected chi connectivity index (χ4v) is 2.98. The molecule has 0 bridgehead atoms. The van der Waals surface area contributed by atoms with Crippen LogP contribution in [0.3, 0.4) is 0 Å². The van der Waals surface area contributed by atoms with Crippen LogP contribution in [0.4, 0.5) is 0 Å². The van der Waals surface area contributed by atoms with Crippen molar-refractivity contribution >= 4 is 11.6 Å². The molecule has 0 saturated heterocycles. The monoisotopic (exact) mass is 295 g/mol. The standard InChI is InChI=1S/C17H26ClNO/c1-14-6-2-3-7-17(14)19-12-4-5-13-20-16-10-8-15(18)9-11-16/h8-11,14,17,19H,2-7,12-13H2,1H3. The highest BCUT2D eigenvalue weighted by molar-refractivity contribution is 6.30. The Labute approximate surface area is 127 Å². The Bertz CT molecular complexity index is 379. The topological polar surface area (TPSA) is 21.3 Å². The van der Waals surface area contributed by atoms with E-state index in [4.69, 9.17) is 16.3 Å². The van der Waals surface area contributed by atoms with Crippen molar-refractivity contribution in [2.45, 2.75) is 51.5 Å². The molecule has 112 valence electrons. The Morgan fingerprint density at radius 2 is 1.90 bits per heavy atom. The summed E-state index contributed by atoms with van der Waals surface area (Å²) >= 11 is 5.84. The van der Waals surface area contributed by atoms with Gasteiger partial charge in [0.25, 0.3) is 0 Å². The predicted octanol–water partition coefficient (Wildman–Crippen LogP) is 4.67. The van der Waals surface area contributed by atoms with Crippen molar-refractivity contribution in [1.29, 1.82) is 0 Å². The third-order valence-corrected chi connectivity index (χ3v) is 4.42. The summed E-state index contributed by atoms with van der Waals surface area (Å²) in [6.07, 6.45) is 7.81. The molecule has 2 nitrogen and oxygen atoms in total. The molecular formula is C17H26ClNO. The van der Waals surface area contributed by atoms with Crippen molar-refractivity contribution < 1.29 is 4.74 Å². The van der Waals surface area contributed by atoms with E-state index in [1.807, 2.05) is 24.3 Å². The van der Waals surface area contributed by atoms with Gasteiger partial charge in [0.2, 0.25) is 0 Å². The third-order valence-electron chi connectivity index (χ3n) is 4.17. The van der Waals surface area contributed by atoms with Gasteiger partial charge in [-0.1, -0.05) is 31.4 Å². The van der Waals surface area contributed by atoms with Gasteiger partial charge in [0, 0.05) is 11.1 Å². The van der Waals surface area contributed by atoms with E-state index in [9.17, 15) is 0 Å². The van der Waals surface area contributed by atoms with Crippen LogP contribution in [0.5, 0.6) is 5.75 Å². The van der Waals surface area contributed by atoms with Gasteiger partial charge in [-0.15, -0.1) is 0 Å². The summed E-state index contributed by atoms with van der Waals surface area (Å²) in [6, 6.07) is 8.31. The number of halogens is 1. The van der Waals surface area contributed by atoms with Gasteiger partial charge in [0.05, 0.1) is 6.61 Å². The summed E-state index contributed by atoms with van der Waals surface area (Å²) in [6.45, 7) is 4.27. The van der Waals surface area contributed by atoms with Gasteiger partial charge >= 0.3 is 0 Å². The molecule has 1 aromatic carbocycles. The van der Waals surface area contributed by atoms with Gasteiger partial charge in [-0.05, 0) is 62.4 Å². The molecule has 1 N–H and O–H groups in total. The first kappa shape index (κ1) is 15.7. The quantitative estimate of drug-likeness (QED) is 0.738. The molecule has 0 heterocycles. The van der Waals surface area contributed by atoms with E-state index >= 15 is 0 Å². The number of rotatable bonds is 7. The second-order valence-corrected chi connectivity index (χ2v) is 6.27. The molecule has 0 aromatic heterocycles. The molecule has 1 fully saturated rings. The van der Waals surface area contributed by atoms with E-state index in [1.54, 1.807) is 0 Å². The van der Waals surface area contributed by atoms with Crippen molar-refractivity contribution in [3.63, 3.8) is 0 Å². The minimum absolute atomic E-state index is 0.737. The van der Waals surface area contributed by atoms with Crippen LogP contribution >= 0.6 is 11.6 Å². The van der Waals surface area contributed by atoms with Crippen LogP contribution in [-0.2, 0) is 0 Å². The Hall–Kier alpha value is -0.730. The summed E-state index contributed by atoms with van der Waals surface area (Å²) in [5.74, 6) is 1.75. The Kier molecular flexibility index (Phi) is 6.68. The summed E-state index contributed by atoms with van der Waals surface area (Å²) in [4.78, 5) is 0. The average molecular weight is 296 g/mol. The fraction of sp³-hybridized carbons (Fsp3) is 0.647. The molecule has 1 aliphatic rings. The first-order valence-electron chi connectivity index (χ1n) is 7.87. The Balaban J connectivity index is 1.52. The van der Waals surface area contributed by atoms with Crippen molar-refractivity contribution in [3.8, 4) is 5.75 Å². The van der Waals surface area contributed by atoms with Crippen LogP contribution in [0, 0.1) is 5.92 Å². The highest BCUT2D eigenvalue weighted by Crippen LogP contribution is 2.23. The van der Waals surface area contributed by atoms with E-state index < -0.39 is 0 Å². The molecule has 3 heteroatoms. The lowest BCUT2D eigenvalue weighted by Crippen LogP contribution is -2.37.